The second-order valence-electron chi connectivity index (χ2n) is 7.55. The molecule has 0 saturated heterocycles. The predicted molar refractivity (Wildman–Crippen MR) is 117 cm³/mol. The Labute approximate surface area is 174 Å². The number of carbonyl (C=O) groups excluding carboxylic acids is 2. The number of amides is 2. The highest BCUT2D eigenvalue weighted by Crippen LogP contribution is 2.42. The summed E-state index contributed by atoms with van der Waals surface area (Å²) in [4.78, 5) is 31.2. The number of fused-ring (bicyclic) bond motifs is 2. The molecule has 5 nitrogen and oxygen atoms in total. The maximum Gasteiger partial charge on any atom is 0.255 e. The molecule has 4 aromatic rings. The van der Waals surface area contributed by atoms with E-state index in [4.69, 9.17) is 0 Å². The summed E-state index contributed by atoms with van der Waals surface area (Å²) >= 11 is 0. The van der Waals surface area contributed by atoms with Crippen molar-refractivity contribution in [3.8, 4) is 0 Å². The first kappa shape index (κ1) is 18.2. The molecule has 5 rings (SSSR count). The standard InChI is InChI=1S/C25H21N3O2/c1-16-23(20-13-7-8-14-21(20)26-16)24-18-11-5-6-12-19(18)25(30)28(24)15-22(29)27-17-9-3-2-4-10-17/h2-14,24,26H,15H2,1H3,(H,27,29)/t24-/m0/s1. The van der Waals surface area contributed by atoms with Crippen LogP contribution < -0.4 is 5.32 Å². The molecule has 3 aromatic carbocycles. The van der Waals surface area contributed by atoms with Gasteiger partial charge >= 0.3 is 0 Å². The number of aryl methyl sites for hydroxylation is 1. The van der Waals surface area contributed by atoms with Gasteiger partial charge in [-0.25, -0.2) is 0 Å². The van der Waals surface area contributed by atoms with Gasteiger partial charge in [-0.05, 0) is 36.8 Å². The van der Waals surface area contributed by atoms with Crippen molar-refractivity contribution in [2.45, 2.75) is 13.0 Å². The smallest absolute Gasteiger partial charge is 0.255 e. The Morgan fingerprint density at radius 3 is 2.50 bits per heavy atom. The number of nitrogens with one attached hydrogen (secondary N) is 2. The Bertz CT molecular complexity index is 1260. The number of benzene rings is 3. The molecule has 0 unspecified atom stereocenters. The highest BCUT2D eigenvalue weighted by molar-refractivity contribution is 6.04. The van der Waals surface area contributed by atoms with Crippen molar-refractivity contribution in [3.63, 3.8) is 0 Å². The number of rotatable bonds is 4. The number of hydrogen-bond donors (Lipinski definition) is 2. The molecule has 0 spiro atoms. The maximum atomic E-state index is 13.3. The molecule has 30 heavy (non-hydrogen) atoms. The first-order valence-electron chi connectivity index (χ1n) is 9.95. The molecule has 1 aromatic heterocycles. The van der Waals surface area contributed by atoms with E-state index in [0.29, 0.717) is 11.3 Å². The third kappa shape index (κ3) is 2.95. The molecule has 2 heterocycles. The van der Waals surface area contributed by atoms with Crippen LogP contribution in [0.5, 0.6) is 0 Å². The Morgan fingerprint density at radius 2 is 1.67 bits per heavy atom. The number of para-hydroxylation sites is 2. The van der Waals surface area contributed by atoms with Gasteiger partial charge in [0, 0.05) is 33.4 Å². The molecule has 148 valence electrons. The molecule has 1 aliphatic rings. The fourth-order valence-electron chi connectivity index (χ4n) is 4.37. The molecule has 0 bridgehead atoms. The summed E-state index contributed by atoms with van der Waals surface area (Å²) in [5.74, 6) is -0.339. The van der Waals surface area contributed by atoms with E-state index >= 15 is 0 Å². The highest BCUT2D eigenvalue weighted by Gasteiger charge is 2.40. The lowest BCUT2D eigenvalue weighted by molar-refractivity contribution is -0.117. The fourth-order valence-corrected chi connectivity index (χ4v) is 4.37. The van der Waals surface area contributed by atoms with Gasteiger partial charge in [0.15, 0.2) is 0 Å². The molecule has 1 aliphatic heterocycles. The molecule has 0 aliphatic carbocycles. The van der Waals surface area contributed by atoms with E-state index in [1.807, 2.05) is 79.7 Å². The van der Waals surface area contributed by atoms with Gasteiger partial charge in [0.2, 0.25) is 5.91 Å². The number of anilines is 1. The van der Waals surface area contributed by atoms with Crippen LogP contribution in [0, 0.1) is 6.92 Å². The molecule has 1 atom stereocenters. The molecule has 2 amide bonds. The van der Waals surface area contributed by atoms with E-state index in [9.17, 15) is 9.59 Å². The second-order valence-corrected chi connectivity index (χ2v) is 7.55. The predicted octanol–water partition coefficient (Wildman–Crippen LogP) is 4.66. The molecule has 0 radical (unpaired) electrons. The number of aromatic nitrogens is 1. The van der Waals surface area contributed by atoms with Gasteiger partial charge in [-0.15, -0.1) is 0 Å². The van der Waals surface area contributed by atoms with Gasteiger partial charge < -0.3 is 15.2 Å². The van der Waals surface area contributed by atoms with Gasteiger partial charge in [-0.2, -0.15) is 0 Å². The number of nitrogens with zero attached hydrogens (tertiary/aromatic N) is 1. The first-order valence-corrected chi connectivity index (χ1v) is 9.95. The summed E-state index contributed by atoms with van der Waals surface area (Å²) in [5, 5.41) is 3.96. The average Bonchev–Trinajstić information content (AvgIpc) is 3.22. The Hall–Kier alpha value is -3.86. The Morgan fingerprint density at radius 1 is 0.967 bits per heavy atom. The zero-order valence-electron chi connectivity index (χ0n) is 16.6. The summed E-state index contributed by atoms with van der Waals surface area (Å²) in [6, 6.07) is 24.7. The van der Waals surface area contributed by atoms with Crippen LogP contribution in [-0.4, -0.2) is 28.2 Å². The van der Waals surface area contributed by atoms with Gasteiger partial charge in [-0.3, -0.25) is 9.59 Å². The topological polar surface area (TPSA) is 65.2 Å². The van der Waals surface area contributed by atoms with Crippen LogP contribution in [0.3, 0.4) is 0 Å². The number of H-pyrrole nitrogens is 1. The highest BCUT2D eigenvalue weighted by atomic mass is 16.2. The van der Waals surface area contributed by atoms with E-state index in [-0.39, 0.29) is 24.4 Å². The molecule has 0 saturated carbocycles. The summed E-state index contributed by atoms with van der Waals surface area (Å²) in [7, 11) is 0. The van der Waals surface area contributed by atoms with E-state index in [1.54, 1.807) is 4.90 Å². The minimum Gasteiger partial charge on any atom is -0.358 e. The van der Waals surface area contributed by atoms with E-state index in [0.717, 1.165) is 27.7 Å². The zero-order valence-corrected chi connectivity index (χ0v) is 16.6. The van der Waals surface area contributed by atoms with Crippen LogP contribution >= 0.6 is 0 Å². The summed E-state index contributed by atoms with van der Waals surface area (Å²) in [6.45, 7) is 2.00. The molecule has 0 fully saturated rings. The molecule has 2 N–H and O–H groups in total. The maximum absolute atomic E-state index is 13.3. The van der Waals surface area contributed by atoms with Crippen LogP contribution in [0.25, 0.3) is 10.9 Å². The fraction of sp³-hybridized carbons (Fsp3) is 0.120. The monoisotopic (exact) mass is 395 g/mol. The van der Waals surface area contributed by atoms with Crippen LogP contribution in [-0.2, 0) is 4.79 Å². The van der Waals surface area contributed by atoms with Crippen molar-refractivity contribution >= 4 is 28.4 Å². The van der Waals surface area contributed by atoms with Crippen LogP contribution in [0.4, 0.5) is 5.69 Å². The Kier molecular flexibility index (Phi) is 4.36. The van der Waals surface area contributed by atoms with Crippen molar-refractivity contribution < 1.29 is 9.59 Å². The summed E-state index contributed by atoms with van der Waals surface area (Å²) < 4.78 is 0. The van der Waals surface area contributed by atoms with Crippen LogP contribution in [0.15, 0.2) is 78.9 Å². The van der Waals surface area contributed by atoms with Crippen molar-refractivity contribution in [1.82, 2.24) is 9.88 Å². The van der Waals surface area contributed by atoms with Crippen molar-refractivity contribution in [2.75, 3.05) is 11.9 Å². The van der Waals surface area contributed by atoms with E-state index in [2.05, 4.69) is 16.4 Å². The van der Waals surface area contributed by atoms with Crippen molar-refractivity contribution in [1.29, 1.82) is 0 Å². The van der Waals surface area contributed by atoms with Gasteiger partial charge in [0.1, 0.15) is 6.54 Å². The number of hydrogen-bond acceptors (Lipinski definition) is 2. The molecule has 5 heteroatoms. The third-order valence-electron chi connectivity index (χ3n) is 5.65. The van der Waals surface area contributed by atoms with Crippen LogP contribution in [0.1, 0.15) is 33.2 Å². The van der Waals surface area contributed by atoms with E-state index < -0.39 is 0 Å². The lowest BCUT2D eigenvalue weighted by Crippen LogP contribution is -2.36. The van der Waals surface area contributed by atoms with Crippen molar-refractivity contribution in [2.24, 2.45) is 0 Å². The SMILES string of the molecule is Cc1[nH]c2ccccc2c1[C@@H]1c2ccccc2C(=O)N1CC(=O)Nc1ccccc1. The zero-order chi connectivity index (χ0) is 20.7. The lowest BCUT2D eigenvalue weighted by Gasteiger charge is -2.25. The largest absolute Gasteiger partial charge is 0.358 e. The number of aromatic amines is 1. The molecular weight excluding hydrogens is 374 g/mol. The van der Waals surface area contributed by atoms with E-state index in [1.165, 1.54) is 0 Å². The Balaban J connectivity index is 1.56. The van der Waals surface area contributed by atoms with Crippen LogP contribution in [0.2, 0.25) is 0 Å². The summed E-state index contributed by atoms with van der Waals surface area (Å²) in [6.07, 6.45) is 0. The van der Waals surface area contributed by atoms with Gasteiger partial charge in [-0.1, -0.05) is 54.6 Å². The third-order valence-corrected chi connectivity index (χ3v) is 5.65. The second kappa shape index (κ2) is 7.19. The average molecular weight is 395 g/mol. The first-order chi connectivity index (χ1) is 14.6. The number of carbonyl (C=O) groups is 2. The quantitative estimate of drug-likeness (QED) is 0.528. The lowest BCUT2D eigenvalue weighted by atomic mass is 9.95. The minimum absolute atomic E-state index is 0.0218. The normalized spacial score (nSPS) is 15.4. The van der Waals surface area contributed by atoms with Gasteiger partial charge in [0.25, 0.3) is 5.91 Å². The van der Waals surface area contributed by atoms with Gasteiger partial charge in [0.05, 0.1) is 6.04 Å². The molecular formula is C25H21N3O2. The summed E-state index contributed by atoms with van der Waals surface area (Å²) in [5.41, 5.74) is 5.36. The minimum atomic E-state index is -0.314. The van der Waals surface area contributed by atoms with Crippen molar-refractivity contribution in [3.05, 3.63) is 101 Å².